The minimum Gasteiger partial charge on any atom is -0.396 e. The van der Waals surface area contributed by atoms with Crippen molar-refractivity contribution in [3.63, 3.8) is 0 Å². The zero-order valence-corrected chi connectivity index (χ0v) is 11.5. The van der Waals surface area contributed by atoms with Crippen molar-refractivity contribution in [2.75, 3.05) is 13.2 Å². The third kappa shape index (κ3) is 3.30. The fourth-order valence-electron chi connectivity index (χ4n) is 2.00. The summed E-state index contributed by atoms with van der Waals surface area (Å²) in [6.45, 7) is 2.67. The first kappa shape index (κ1) is 14.4. The number of nitrogens with zero attached hydrogens (tertiary/aromatic N) is 4. The molecule has 0 aliphatic rings. The molecule has 7 nitrogen and oxygen atoms in total. The van der Waals surface area contributed by atoms with Crippen molar-refractivity contribution < 1.29 is 9.90 Å². The second-order valence-corrected chi connectivity index (χ2v) is 4.62. The maximum Gasteiger partial charge on any atom is 0.254 e. The molecule has 1 amide bonds. The van der Waals surface area contributed by atoms with Gasteiger partial charge in [-0.1, -0.05) is 12.8 Å². The molecule has 0 aliphatic heterocycles. The molecule has 2 rings (SSSR count). The summed E-state index contributed by atoms with van der Waals surface area (Å²) < 4.78 is 1.55. The van der Waals surface area contributed by atoms with Crippen molar-refractivity contribution in [1.29, 1.82) is 0 Å². The van der Waals surface area contributed by atoms with Crippen LogP contribution in [0.15, 0.2) is 12.5 Å². The average Bonchev–Trinajstić information content (AvgIpc) is 2.92. The van der Waals surface area contributed by atoms with Crippen molar-refractivity contribution in [2.45, 2.75) is 32.6 Å². The lowest BCUT2D eigenvalue weighted by molar-refractivity contribution is 0.0951. The molecular formula is C13H19N5O2. The molecule has 2 aromatic heterocycles. The highest BCUT2D eigenvalue weighted by Gasteiger charge is 2.12. The van der Waals surface area contributed by atoms with Gasteiger partial charge in [0.1, 0.15) is 6.33 Å². The topological polar surface area (TPSA) is 92.4 Å². The monoisotopic (exact) mass is 277 g/mol. The van der Waals surface area contributed by atoms with Crippen molar-refractivity contribution in [3.8, 4) is 0 Å². The maximum absolute atomic E-state index is 12.1. The van der Waals surface area contributed by atoms with Crippen LogP contribution in [0.25, 0.3) is 5.78 Å². The highest BCUT2D eigenvalue weighted by molar-refractivity contribution is 5.95. The fourth-order valence-corrected chi connectivity index (χ4v) is 2.00. The minimum atomic E-state index is -0.144. The number of hydrogen-bond donors (Lipinski definition) is 2. The first-order valence-electron chi connectivity index (χ1n) is 6.78. The van der Waals surface area contributed by atoms with Crippen LogP contribution in [0.5, 0.6) is 0 Å². The molecule has 20 heavy (non-hydrogen) atoms. The summed E-state index contributed by atoms with van der Waals surface area (Å²) in [6, 6.07) is 0. The van der Waals surface area contributed by atoms with E-state index in [-0.39, 0.29) is 12.5 Å². The van der Waals surface area contributed by atoms with Gasteiger partial charge in [0.15, 0.2) is 0 Å². The third-order valence-corrected chi connectivity index (χ3v) is 3.16. The molecule has 0 saturated heterocycles. The number of nitrogens with one attached hydrogen (secondary N) is 1. The number of unbranched alkanes of at least 4 members (excludes halogenated alkanes) is 3. The molecule has 2 aromatic rings. The quantitative estimate of drug-likeness (QED) is 0.727. The Bertz CT molecular complexity index is 581. The standard InChI is InChI=1S/C13H19N5O2/c1-10-11(8-15-13-16-9-17-18(10)13)12(20)14-6-4-2-3-5-7-19/h8-9,19H,2-7H2,1H3,(H,14,20). The fraction of sp³-hybridized carbons (Fsp3) is 0.538. The number of carbonyl (C=O) groups excluding carboxylic acids is 1. The van der Waals surface area contributed by atoms with Crippen LogP contribution in [-0.2, 0) is 0 Å². The zero-order valence-electron chi connectivity index (χ0n) is 11.5. The van der Waals surface area contributed by atoms with Crippen LogP contribution in [0.1, 0.15) is 41.7 Å². The van der Waals surface area contributed by atoms with E-state index in [9.17, 15) is 4.79 Å². The number of amides is 1. The molecule has 0 radical (unpaired) electrons. The highest BCUT2D eigenvalue weighted by Crippen LogP contribution is 2.07. The molecule has 0 fully saturated rings. The molecule has 0 spiro atoms. The van der Waals surface area contributed by atoms with Gasteiger partial charge in [-0.15, -0.1) is 0 Å². The van der Waals surface area contributed by atoms with E-state index in [1.807, 2.05) is 6.92 Å². The second-order valence-electron chi connectivity index (χ2n) is 4.62. The Labute approximate surface area is 117 Å². The number of aryl methyl sites for hydroxylation is 1. The first-order valence-corrected chi connectivity index (χ1v) is 6.78. The Kier molecular flexibility index (Phi) is 5.00. The number of rotatable bonds is 7. The van der Waals surface area contributed by atoms with E-state index in [4.69, 9.17) is 5.11 Å². The van der Waals surface area contributed by atoms with Crippen LogP contribution >= 0.6 is 0 Å². The molecule has 2 heterocycles. The predicted octanol–water partition coefficient (Wildman–Crippen LogP) is 0.715. The Morgan fingerprint density at radius 3 is 2.90 bits per heavy atom. The summed E-state index contributed by atoms with van der Waals surface area (Å²) in [5.41, 5.74) is 1.24. The number of carbonyl (C=O) groups is 1. The Balaban J connectivity index is 1.89. The van der Waals surface area contributed by atoms with Gasteiger partial charge in [0.05, 0.1) is 11.3 Å². The number of aromatic nitrogens is 4. The summed E-state index contributed by atoms with van der Waals surface area (Å²) in [7, 11) is 0. The SMILES string of the molecule is Cc1c(C(=O)NCCCCCCO)cnc2ncnn12. The molecule has 0 saturated carbocycles. The van der Waals surface area contributed by atoms with Crippen LogP contribution in [0.3, 0.4) is 0 Å². The molecule has 7 heteroatoms. The van der Waals surface area contributed by atoms with Gasteiger partial charge in [-0.05, 0) is 19.8 Å². The van der Waals surface area contributed by atoms with Gasteiger partial charge in [0.2, 0.25) is 0 Å². The Morgan fingerprint density at radius 1 is 1.30 bits per heavy atom. The number of hydrogen-bond acceptors (Lipinski definition) is 5. The van der Waals surface area contributed by atoms with E-state index in [2.05, 4.69) is 20.4 Å². The highest BCUT2D eigenvalue weighted by atomic mass is 16.2. The minimum absolute atomic E-state index is 0.144. The summed E-state index contributed by atoms with van der Waals surface area (Å²) in [5.74, 6) is 0.345. The lowest BCUT2D eigenvalue weighted by Gasteiger charge is -2.07. The lowest BCUT2D eigenvalue weighted by Crippen LogP contribution is -2.26. The Hall–Kier alpha value is -2.02. The molecule has 0 bridgehead atoms. The van der Waals surface area contributed by atoms with E-state index in [0.29, 0.717) is 17.9 Å². The lowest BCUT2D eigenvalue weighted by atomic mass is 10.2. The van der Waals surface area contributed by atoms with Crippen molar-refractivity contribution >= 4 is 11.7 Å². The van der Waals surface area contributed by atoms with E-state index in [0.717, 1.165) is 31.4 Å². The van der Waals surface area contributed by atoms with Gasteiger partial charge < -0.3 is 10.4 Å². The van der Waals surface area contributed by atoms with E-state index < -0.39 is 0 Å². The van der Waals surface area contributed by atoms with Gasteiger partial charge in [-0.3, -0.25) is 4.79 Å². The van der Waals surface area contributed by atoms with E-state index >= 15 is 0 Å². The molecule has 2 N–H and O–H groups in total. The van der Waals surface area contributed by atoms with E-state index in [1.165, 1.54) is 12.5 Å². The summed E-state index contributed by atoms with van der Waals surface area (Å²) in [4.78, 5) is 20.1. The van der Waals surface area contributed by atoms with Crippen LogP contribution < -0.4 is 5.32 Å². The number of fused-ring (bicyclic) bond motifs is 1. The van der Waals surface area contributed by atoms with Crippen molar-refractivity contribution in [3.05, 3.63) is 23.8 Å². The first-order chi connectivity index (χ1) is 9.74. The van der Waals surface area contributed by atoms with Gasteiger partial charge in [-0.2, -0.15) is 10.1 Å². The van der Waals surface area contributed by atoms with E-state index in [1.54, 1.807) is 4.52 Å². The van der Waals surface area contributed by atoms with Gasteiger partial charge in [-0.25, -0.2) is 9.50 Å². The van der Waals surface area contributed by atoms with Crippen molar-refractivity contribution in [2.24, 2.45) is 0 Å². The van der Waals surface area contributed by atoms with Crippen LogP contribution in [0.2, 0.25) is 0 Å². The normalized spacial score (nSPS) is 10.9. The van der Waals surface area contributed by atoms with Crippen molar-refractivity contribution in [1.82, 2.24) is 24.9 Å². The molecule has 0 aliphatic carbocycles. The van der Waals surface area contributed by atoms with Gasteiger partial charge in [0, 0.05) is 19.3 Å². The van der Waals surface area contributed by atoms with Gasteiger partial charge >= 0.3 is 0 Å². The molecule has 0 atom stereocenters. The Morgan fingerprint density at radius 2 is 2.10 bits per heavy atom. The molecule has 108 valence electrons. The molecular weight excluding hydrogens is 258 g/mol. The zero-order chi connectivity index (χ0) is 14.4. The third-order valence-electron chi connectivity index (χ3n) is 3.16. The number of aliphatic hydroxyl groups is 1. The maximum atomic E-state index is 12.1. The molecule has 0 aromatic carbocycles. The largest absolute Gasteiger partial charge is 0.396 e. The van der Waals surface area contributed by atoms with Gasteiger partial charge in [0.25, 0.3) is 11.7 Å². The molecule has 0 unspecified atom stereocenters. The smallest absolute Gasteiger partial charge is 0.254 e. The summed E-state index contributed by atoms with van der Waals surface area (Å²) >= 11 is 0. The average molecular weight is 277 g/mol. The summed E-state index contributed by atoms with van der Waals surface area (Å²) in [6.07, 6.45) is 6.65. The van der Waals surface area contributed by atoms with Crippen LogP contribution in [-0.4, -0.2) is 43.7 Å². The van der Waals surface area contributed by atoms with Crippen LogP contribution in [0.4, 0.5) is 0 Å². The number of aliphatic hydroxyl groups excluding tert-OH is 1. The van der Waals surface area contributed by atoms with Crippen LogP contribution in [0, 0.1) is 6.92 Å². The summed E-state index contributed by atoms with van der Waals surface area (Å²) in [5, 5.41) is 15.6. The predicted molar refractivity (Wildman–Crippen MR) is 73.4 cm³/mol. The second kappa shape index (κ2) is 6.95.